The number of aryl methyl sites for hydroxylation is 1. The van der Waals surface area contributed by atoms with Gasteiger partial charge in [0.1, 0.15) is 5.82 Å². The number of halogens is 2. The van der Waals surface area contributed by atoms with Crippen LogP contribution in [0.1, 0.15) is 17.1 Å². The number of hydrogen-bond donors (Lipinski definition) is 1. The van der Waals surface area contributed by atoms with E-state index in [1.807, 2.05) is 24.3 Å². The lowest BCUT2D eigenvalue weighted by Gasteiger charge is -2.08. The average molecular weight is 266 g/mol. The van der Waals surface area contributed by atoms with Gasteiger partial charge in [0.2, 0.25) is 0 Å². The molecule has 0 saturated heterocycles. The summed E-state index contributed by atoms with van der Waals surface area (Å²) in [4.78, 5) is 8.27. The summed E-state index contributed by atoms with van der Waals surface area (Å²) in [7, 11) is 1.63. The van der Waals surface area contributed by atoms with E-state index in [4.69, 9.17) is 11.6 Å². The lowest BCUT2D eigenvalue weighted by molar-refractivity contribution is 0.602. The molecule has 0 unspecified atom stereocenters. The van der Waals surface area contributed by atoms with Crippen molar-refractivity contribution in [1.29, 1.82) is 0 Å². The fourth-order valence-electron chi connectivity index (χ4n) is 1.67. The highest BCUT2D eigenvalue weighted by molar-refractivity contribution is 6.31. The molecule has 0 aliphatic carbocycles. The van der Waals surface area contributed by atoms with Crippen molar-refractivity contribution in [1.82, 2.24) is 9.97 Å². The van der Waals surface area contributed by atoms with Crippen LogP contribution in [-0.2, 0) is 6.42 Å². The minimum atomic E-state index is -0.416. The van der Waals surface area contributed by atoms with E-state index in [0.29, 0.717) is 23.0 Å². The predicted molar refractivity (Wildman–Crippen MR) is 70.5 cm³/mol. The standard InChI is InChI=1S/C13H13ClFN3/c1-8-12(15)13(16-2)18-11(17-8)7-9-5-3-4-6-10(9)14/h3-6H,7H2,1-2H3,(H,16,17,18). The maximum atomic E-state index is 13.6. The monoisotopic (exact) mass is 265 g/mol. The fraction of sp³-hybridized carbons (Fsp3) is 0.231. The molecule has 1 heterocycles. The number of hydrogen-bond acceptors (Lipinski definition) is 3. The Morgan fingerprint density at radius 2 is 2.00 bits per heavy atom. The number of aromatic nitrogens is 2. The third kappa shape index (κ3) is 2.59. The molecule has 2 aromatic rings. The molecule has 0 spiro atoms. The third-order valence-corrected chi connectivity index (χ3v) is 2.98. The molecule has 0 aliphatic rings. The fourth-order valence-corrected chi connectivity index (χ4v) is 1.88. The van der Waals surface area contributed by atoms with Gasteiger partial charge in [-0.25, -0.2) is 14.4 Å². The molecule has 1 aromatic heterocycles. The van der Waals surface area contributed by atoms with Gasteiger partial charge in [-0.3, -0.25) is 0 Å². The first kappa shape index (κ1) is 12.8. The molecule has 0 bridgehead atoms. The Balaban J connectivity index is 2.36. The van der Waals surface area contributed by atoms with Crippen LogP contribution in [0.25, 0.3) is 0 Å². The summed E-state index contributed by atoms with van der Waals surface area (Å²) in [6.07, 6.45) is 0.482. The van der Waals surface area contributed by atoms with E-state index < -0.39 is 5.82 Å². The first-order chi connectivity index (χ1) is 8.61. The zero-order chi connectivity index (χ0) is 13.1. The molecule has 1 N–H and O–H groups in total. The highest BCUT2D eigenvalue weighted by Crippen LogP contribution is 2.19. The smallest absolute Gasteiger partial charge is 0.186 e. The van der Waals surface area contributed by atoms with Crippen molar-refractivity contribution in [2.24, 2.45) is 0 Å². The molecule has 0 saturated carbocycles. The van der Waals surface area contributed by atoms with Gasteiger partial charge in [-0.05, 0) is 18.6 Å². The normalized spacial score (nSPS) is 10.4. The molecule has 0 amide bonds. The summed E-state index contributed by atoms with van der Waals surface area (Å²) >= 11 is 6.07. The first-order valence-corrected chi connectivity index (χ1v) is 5.93. The van der Waals surface area contributed by atoms with Crippen LogP contribution in [0, 0.1) is 12.7 Å². The zero-order valence-electron chi connectivity index (χ0n) is 10.2. The number of benzene rings is 1. The Bertz CT molecular complexity index is 572. The number of nitrogens with one attached hydrogen (secondary N) is 1. The van der Waals surface area contributed by atoms with E-state index in [9.17, 15) is 4.39 Å². The Labute approximate surface area is 110 Å². The molecule has 2 rings (SSSR count). The van der Waals surface area contributed by atoms with Gasteiger partial charge in [-0.15, -0.1) is 0 Å². The highest BCUT2D eigenvalue weighted by Gasteiger charge is 2.11. The van der Waals surface area contributed by atoms with Crippen LogP contribution in [0.4, 0.5) is 10.2 Å². The molecule has 0 fully saturated rings. The van der Waals surface area contributed by atoms with Crippen molar-refractivity contribution in [2.45, 2.75) is 13.3 Å². The van der Waals surface area contributed by atoms with E-state index in [0.717, 1.165) is 5.56 Å². The largest absolute Gasteiger partial charge is 0.371 e. The van der Waals surface area contributed by atoms with Crippen molar-refractivity contribution in [3.05, 3.63) is 52.2 Å². The van der Waals surface area contributed by atoms with Crippen molar-refractivity contribution in [3.63, 3.8) is 0 Å². The van der Waals surface area contributed by atoms with Crippen LogP contribution in [0.5, 0.6) is 0 Å². The predicted octanol–water partition coefficient (Wildman–Crippen LogP) is 3.21. The quantitative estimate of drug-likeness (QED) is 0.926. The van der Waals surface area contributed by atoms with Crippen molar-refractivity contribution in [3.8, 4) is 0 Å². The summed E-state index contributed by atoms with van der Waals surface area (Å²) in [5.74, 6) is 0.344. The molecule has 5 heteroatoms. The third-order valence-electron chi connectivity index (χ3n) is 2.61. The van der Waals surface area contributed by atoms with Gasteiger partial charge in [-0.2, -0.15) is 0 Å². The van der Waals surface area contributed by atoms with Gasteiger partial charge in [-0.1, -0.05) is 29.8 Å². The lowest BCUT2D eigenvalue weighted by atomic mass is 10.1. The molecular formula is C13H13ClFN3. The summed E-state index contributed by atoms with van der Waals surface area (Å²) in [5.41, 5.74) is 1.25. The van der Waals surface area contributed by atoms with Crippen LogP contribution in [-0.4, -0.2) is 17.0 Å². The van der Waals surface area contributed by atoms with Gasteiger partial charge in [0, 0.05) is 18.5 Å². The Kier molecular flexibility index (Phi) is 3.77. The van der Waals surface area contributed by atoms with Crippen molar-refractivity contribution >= 4 is 17.4 Å². The van der Waals surface area contributed by atoms with Crippen LogP contribution >= 0.6 is 11.6 Å². The maximum absolute atomic E-state index is 13.6. The number of nitrogens with zero attached hydrogens (tertiary/aromatic N) is 2. The molecule has 0 aliphatic heterocycles. The van der Waals surface area contributed by atoms with Crippen molar-refractivity contribution in [2.75, 3.05) is 12.4 Å². The average Bonchev–Trinajstić information content (AvgIpc) is 2.36. The molecular weight excluding hydrogens is 253 g/mol. The second-order valence-electron chi connectivity index (χ2n) is 3.91. The van der Waals surface area contributed by atoms with Crippen LogP contribution in [0.3, 0.4) is 0 Å². The molecule has 94 valence electrons. The minimum Gasteiger partial charge on any atom is -0.371 e. The lowest BCUT2D eigenvalue weighted by Crippen LogP contribution is -2.06. The molecule has 0 atom stereocenters. The molecule has 1 aromatic carbocycles. The summed E-state index contributed by atoms with van der Waals surface area (Å²) in [6, 6.07) is 7.48. The first-order valence-electron chi connectivity index (χ1n) is 5.56. The number of anilines is 1. The highest BCUT2D eigenvalue weighted by atomic mass is 35.5. The molecule has 18 heavy (non-hydrogen) atoms. The molecule has 0 radical (unpaired) electrons. The van der Waals surface area contributed by atoms with Crippen LogP contribution < -0.4 is 5.32 Å². The Morgan fingerprint density at radius 1 is 1.28 bits per heavy atom. The summed E-state index contributed by atoms with van der Waals surface area (Å²) in [6.45, 7) is 1.62. The topological polar surface area (TPSA) is 37.8 Å². The van der Waals surface area contributed by atoms with E-state index in [2.05, 4.69) is 15.3 Å². The second kappa shape index (κ2) is 5.31. The SMILES string of the molecule is CNc1nc(Cc2ccccc2Cl)nc(C)c1F. The second-order valence-corrected chi connectivity index (χ2v) is 4.31. The Morgan fingerprint density at radius 3 is 2.67 bits per heavy atom. The van der Waals surface area contributed by atoms with E-state index in [1.54, 1.807) is 14.0 Å². The van der Waals surface area contributed by atoms with Crippen molar-refractivity contribution < 1.29 is 4.39 Å². The summed E-state index contributed by atoms with van der Waals surface area (Å²) in [5, 5.41) is 3.38. The number of rotatable bonds is 3. The van der Waals surface area contributed by atoms with E-state index in [-0.39, 0.29) is 5.82 Å². The van der Waals surface area contributed by atoms with Gasteiger partial charge in [0.25, 0.3) is 0 Å². The van der Waals surface area contributed by atoms with E-state index >= 15 is 0 Å². The van der Waals surface area contributed by atoms with Gasteiger partial charge in [0.05, 0.1) is 5.69 Å². The zero-order valence-corrected chi connectivity index (χ0v) is 10.9. The van der Waals surface area contributed by atoms with Crippen LogP contribution in [0.15, 0.2) is 24.3 Å². The molecule has 3 nitrogen and oxygen atoms in total. The Hall–Kier alpha value is -1.68. The van der Waals surface area contributed by atoms with Crippen LogP contribution in [0.2, 0.25) is 5.02 Å². The maximum Gasteiger partial charge on any atom is 0.186 e. The summed E-state index contributed by atoms with van der Waals surface area (Å²) < 4.78 is 13.6. The van der Waals surface area contributed by atoms with E-state index in [1.165, 1.54) is 0 Å². The van der Waals surface area contributed by atoms with Gasteiger partial charge >= 0.3 is 0 Å². The van der Waals surface area contributed by atoms with Gasteiger partial charge in [0.15, 0.2) is 11.6 Å². The minimum absolute atomic E-state index is 0.213. The van der Waals surface area contributed by atoms with Gasteiger partial charge < -0.3 is 5.32 Å².